The normalized spacial score (nSPS) is 23.7. The Morgan fingerprint density at radius 1 is 1.24 bits per heavy atom. The highest BCUT2D eigenvalue weighted by atomic mass is 16.5. The largest absolute Gasteiger partial charge is 0.494 e. The van der Waals surface area contributed by atoms with Crippen molar-refractivity contribution in [3.63, 3.8) is 0 Å². The van der Waals surface area contributed by atoms with E-state index in [9.17, 15) is 0 Å². The van der Waals surface area contributed by atoms with Crippen molar-refractivity contribution in [3.05, 3.63) is 17.7 Å². The first-order valence-corrected chi connectivity index (χ1v) is 5.88. The van der Waals surface area contributed by atoms with Gasteiger partial charge in [0.05, 0.1) is 14.2 Å². The van der Waals surface area contributed by atoms with Gasteiger partial charge in [0, 0.05) is 5.54 Å². The van der Waals surface area contributed by atoms with Crippen molar-refractivity contribution >= 4 is 5.69 Å². The number of benzene rings is 1. The highest BCUT2D eigenvalue weighted by Crippen LogP contribution is 2.39. The van der Waals surface area contributed by atoms with Gasteiger partial charge in [-0.3, -0.25) is 0 Å². The molecule has 3 N–H and O–H groups in total. The zero-order valence-corrected chi connectivity index (χ0v) is 10.7. The molecule has 1 aromatic carbocycles. The zero-order valence-electron chi connectivity index (χ0n) is 10.7. The minimum atomic E-state index is -0.00569. The van der Waals surface area contributed by atoms with Gasteiger partial charge in [-0.1, -0.05) is 0 Å². The fraction of sp³-hybridized carbons (Fsp3) is 0.538. The Kier molecular flexibility index (Phi) is 3.15. The second-order valence-electron chi connectivity index (χ2n) is 4.66. The van der Waals surface area contributed by atoms with Crippen molar-refractivity contribution < 1.29 is 9.47 Å². The molecule has 1 fully saturated rings. The van der Waals surface area contributed by atoms with Crippen LogP contribution in [0.4, 0.5) is 5.69 Å². The Labute approximate surface area is 102 Å². The molecule has 1 atom stereocenters. The van der Waals surface area contributed by atoms with E-state index in [1.54, 1.807) is 14.2 Å². The van der Waals surface area contributed by atoms with Gasteiger partial charge in [0.2, 0.25) is 0 Å². The molecule has 0 aliphatic carbocycles. The average molecular weight is 236 g/mol. The molecule has 4 heteroatoms. The summed E-state index contributed by atoms with van der Waals surface area (Å²) in [5.74, 6) is 1.35. The van der Waals surface area contributed by atoms with Crippen molar-refractivity contribution in [3.8, 4) is 11.5 Å². The number of methoxy groups -OCH3 is 2. The highest BCUT2D eigenvalue weighted by molar-refractivity contribution is 5.65. The van der Waals surface area contributed by atoms with E-state index in [1.165, 1.54) is 6.42 Å². The van der Waals surface area contributed by atoms with Gasteiger partial charge in [-0.05, 0) is 44.0 Å². The predicted octanol–water partition coefficient (Wildman–Crippen LogP) is 1.88. The van der Waals surface area contributed by atoms with Crippen molar-refractivity contribution in [1.82, 2.24) is 5.32 Å². The summed E-state index contributed by atoms with van der Waals surface area (Å²) < 4.78 is 10.6. The van der Waals surface area contributed by atoms with Crippen molar-refractivity contribution in [1.29, 1.82) is 0 Å². The van der Waals surface area contributed by atoms with E-state index in [4.69, 9.17) is 15.2 Å². The molecule has 0 radical (unpaired) electrons. The Morgan fingerprint density at radius 3 is 2.24 bits per heavy atom. The number of nitrogens with two attached hydrogens (primary N) is 1. The Balaban J connectivity index is 2.47. The lowest BCUT2D eigenvalue weighted by atomic mass is 9.90. The molecule has 1 saturated heterocycles. The summed E-state index contributed by atoms with van der Waals surface area (Å²) in [6.07, 6.45) is 2.30. The smallest absolute Gasteiger partial charge is 0.145 e. The molecule has 1 aliphatic heterocycles. The summed E-state index contributed by atoms with van der Waals surface area (Å²) in [6, 6.07) is 3.99. The van der Waals surface area contributed by atoms with E-state index in [0.29, 0.717) is 17.2 Å². The molecule has 0 saturated carbocycles. The number of hydrogen-bond donors (Lipinski definition) is 2. The first-order valence-electron chi connectivity index (χ1n) is 5.88. The lowest BCUT2D eigenvalue weighted by Crippen LogP contribution is -2.33. The standard InChI is InChI=1S/C13H20N2O2/c1-13(5-4-6-15-13)9-7-10(16-2)12(14)11(8-9)17-3/h7-8,15H,4-6,14H2,1-3H3. The number of rotatable bonds is 3. The zero-order chi connectivity index (χ0) is 12.5. The number of ether oxygens (including phenoxy) is 2. The lowest BCUT2D eigenvalue weighted by Gasteiger charge is -2.26. The third-order valence-electron chi connectivity index (χ3n) is 3.55. The maximum atomic E-state index is 5.94. The van der Waals surface area contributed by atoms with Crippen LogP contribution in [0.1, 0.15) is 25.3 Å². The van der Waals surface area contributed by atoms with Gasteiger partial charge >= 0.3 is 0 Å². The summed E-state index contributed by atoms with van der Waals surface area (Å²) >= 11 is 0. The van der Waals surface area contributed by atoms with Crippen LogP contribution in [-0.4, -0.2) is 20.8 Å². The van der Waals surface area contributed by atoms with Gasteiger partial charge in [0.25, 0.3) is 0 Å². The molecule has 94 valence electrons. The van der Waals surface area contributed by atoms with Gasteiger partial charge in [-0.2, -0.15) is 0 Å². The van der Waals surface area contributed by atoms with Gasteiger partial charge in [0.15, 0.2) is 0 Å². The van der Waals surface area contributed by atoms with Gasteiger partial charge in [-0.15, -0.1) is 0 Å². The SMILES string of the molecule is COc1cc(C2(C)CCCN2)cc(OC)c1N. The Hall–Kier alpha value is -1.42. The third kappa shape index (κ3) is 2.05. The van der Waals surface area contributed by atoms with Gasteiger partial charge < -0.3 is 20.5 Å². The first-order chi connectivity index (χ1) is 8.10. The van der Waals surface area contributed by atoms with E-state index in [2.05, 4.69) is 12.2 Å². The summed E-state index contributed by atoms with van der Waals surface area (Å²) in [7, 11) is 3.25. The van der Waals surface area contributed by atoms with Crippen molar-refractivity contribution in [2.24, 2.45) is 0 Å². The number of nitrogens with one attached hydrogen (secondary N) is 1. The topological polar surface area (TPSA) is 56.5 Å². The average Bonchev–Trinajstić information content (AvgIpc) is 2.77. The second kappa shape index (κ2) is 4.45. The van der Waals surface area contributed by atoms with Crippen LogP contribution in [0.2, 0.25) is 0 Å². The maximum absolute atomic E-state index is 5.94. The quantitative estimate of drug-likeness (QED) is 0.787. The fourth-order valence-electron chi connectivity index (χ4n) is 2.40. The molecular weight excluding hydrogens is 216 g/mol. The second-order valence-corrected chi connectivity index (χ2v) is 4.66. The fourth-order valence-corrected chi connectivity index (χ4v) is 2.40. The van der Waals surface area contributed by atoms with E-state index >= 15 is 0 Å². The van der Waals surface area contributed by atoms with Crippen LogP contribution in [0, 0.1) is 0 Å². The van der Waals surface area contributed by atoms with Crippen LogP contribution >= 0.6 is 0 Å². The predicted molar refractivity (Wildman–Crippen MR) is 68.5 cm³/mol. The molecule has 17 heavy (non-hydrogen) atoms. The van der Waals surface area contributed by atoms with E-state index in [1.807, 2.05) is 12.1 Å². The van der Waals surface area contributed by atoms with E-state index < -0.39 is 0 Å². The summed E-state index contributed by atoms with van der Waals surface area (Å²) in [4.78, 5) is 0. The van der Waals surface area contributed by atoms with Crippen LogP contribution in [0.15, 0.2) is 12.1 Å². The molecular formula is C13H20N2O2. The number of hydrogen-bond acceptors (Lipinski definition) is 4. The molecule has 1 aliphatic rings. The van der Waals surface area contributed by atoms with E-state index in [0.717, 1.165) is 18.5 Å². The molecule has 0 amide bonds. The van der Waals surface area contributed by atoms with Crippen molar-refractivity contribution in [2.45, 2.75) is 25.3 Å². The third-order valence-corrected chi connectivity index (χ3v) is 3.55. The molecule has 0 bridgehead atoms. The lowest BCUT2D eigenvalue weighted by molar-refractivity contribution is 0.386. The minimum Gasteiger partial charge on any atom is -0.494 e. The maximum Gasteiger partial charge on any atom is 0.145 e. The molecule has 1 unspecified atom stereocenters. The monoisotopic (exact) mass is 236 g/mol. The minimum absolute atomic E-state index is 0.00569. The first kappa shape index (κ1) is 12.0. The summed E-state index contributed by atoms with van der Waals surface area (Å²) in [5.41, 5.74) is 7.66. The number of nitrogen functional groups attached to an aromatic ring is 1. The van der Waals surface area contributed by atoms with Crippen LogP contribution in [0.25, 0.3) is 0 Å². The highest BCUT2D eigenvalue weighted by Gasteiger charge is 2.31. The summed E-state index contributed by atoms with van der Waals surface area (Å²) in [6.45, 7) is 3.25. The molecule has 0 aromatic heterocycles. The van der Waals surface area contributed by atoms with Crippen LogP contribution in [-0.2, 0) is 5.54 Å². The Morgan fingerprint density at radius 2 is 1.82 bits per heavy atom. The van der Waals surface area contributed by atoms with E-state index in [-0.39, 0.29) is 5.54 Å². The van der Waals surface area contributed by atoms with Crippen LogP contribution in [0.3, 0.4) is 0 Å². The Bertz CT molecular complexity index is 387. The molecule has 2 rings (SSSR count). The van der Waals surface area contributed by atoms with Gasteiger partial charge in [-0.25, -0.2) is 0 Å². The molecule has 1 aromatic rings. The molecule has 1 heterocycles. The van der Waals surface area contributed by atoms with Gasteiger partial charge in [0.1, 0.15) is 17.2 Å². The molecule has 0 spiro atoms. The van der Waals surface area contributed by atoms with Crippen LogP contribution in [0.5, 0.6) is 11.5 Å². The summed E-state index contributed by atoms with van der Waals surface area (Å²) in [5, 5.41) is 3.52. The number of anilines is 1. The van der Waals surface area contributed by atoms with Crippen molar-refractivity contribution in [2.75, 3.05) is 26.5 Å². The van der Waals surface area contributed by atoms with Crippen LogP contribution < -0.4 is 20.5 Å². The molecule has 4 nitrogen and oxygen atoms in total.